The molecule has 0 bridgehead atoms. The van der Waals surface area contributed by atoms with Gasteiger partial charge in [0, 0.05) is 23.7 Å². The highest BCUT2D eigenvalue weighted by Gasteiger charge is 2.55. The van der Waals surface area contributed by atoms with E-state index in [2.05, 4.69) is 46.4 Å². The van der Waals surface area contributed by atoms with Gasteiger partial charge in [-0.3, -0.25) is 0 Å². The molecule has 0 aromatic rings. The van der Waals surface area contributed by atoms with Crippen LogP contribution < -0.4 is 0 Å². The van der Waals surface area contributed by atoms with Gasteiger partial charge in [-0.25, -0.2) is 0 Å². The van der Waals surface area contributed by atoms with E-state index in [-0.39, 0.29) is 0 Å². The van der Waals surface area contributed by atoms with Crippen molar-refractivity contribution in [2.75, 3.05) is 6.54 Å². The topological polar surface area (TPSA) is 3.24 Å². The summed E-state index contributed by atoms with van der Waals surface area (Å²) in [5.41, 5.74) is 4.17. The molecule has 1 heterocycles. The number of allylic oxidation sites excluding steroid dienone is 2. The van der Waals surface area contributed by atoms with E-state index in [0.29, 0.717) is 16.9 Å². The van der Waals surface area contributed by atoms with E-state index < -0.39 is 0 Å². The zero-order chi connectivity index (χ0) is 11.4. The molecule has 2 aliphatic rings. The highest BCUT2D eigenvalue weighted by molar-refractivity contribution is 5.42. The van der Waals surface area contributed by atoms with Crippen molar-refractivity contribution in [2.45, 2.75) is 60.4 Å². The van der Waals surface area contributed by atoms with Crippen LogP contribution in [0.1, 0.15) is 54.4 Å². The summed E-state index contributed by atoms with van der Waals surface area (Å²) in [4.78, 5) is 2.63. The third kappa shape index (κ3) is 1.21. The van der Waals surface area contributed by atoms with Crippen molar-refractivity contribution in [1.29, 1.82) is 0 Å². The standard InChI is InChI=1S/C14H25N/c1-10(2)15-9-7-8-11-12(15)14(5,6)13(11,3)4/h10H,7-9H2,1-6H3. The van der Waals surface area contributed by atoms with Crippen molar-refractivity contribution in [3.05, 3.63) is 11.3 Å². The number of hydrogen-bond acceptors (Lipinski definition) is 1. The van der Waals surface area contributed by atoms with E-state index >= 15 is 0 Å². The van der Waals surface area contributed by atoms with Crippen molar-refractivity contribution in [2.24, 2.45) is 10.8 Å². The molecule has 0 radical (unpaired) electrons. The van der Waals surface area contributed by atoms with E-state index in [1.54, 1.807) is 11.3 Å². The second-order valence-electron chi connectivity index (χ2n) is 6.47. The van der Waals surface area contributed by atoms with Crippen LogP contribution in [0.2, 0.25) is 0 Å². The minimum Gasteiger partial charge on any atom is -0.372 e. The van der Waals surface area contributed by atoms with Crippen LogP contribution in [0.25, 0.3) is 0 Å². The number of hydrogen-bond donors (Lipinski definition) is 0. The highest BCUT2D eigenvalue weighted by Crippen LogP contribution is 2.63. The summed E-state index contributed by atoms with van der Waals surface area (Å²) in [5.74, 6) is 0. The van der Waals surface area contributed by atoms with Crippen LogP contribution in [0.15, 0.2) is 11.3 Å². The summed E-state index contributed by atoms with van der Waals surface area (Å²) in [5, 5.41) is 0. The Morgan fingerprint density at radius 3 is 2.20 bits per heavy atom. The van der Waals surface area contributed by atoms with Crippen LogP contribution in [-0.4, -0.2) is 17.5 Å². The third-order valence-corrected chi connectivity index (χ3v) is 4.93. The molecule has 0 spiro atoms. The normalized spacial score (nSPS) is 27.8. The first-order valence-electron chi connectivity index (χ1n) is 6.31. The lowest BCUT2D eigenvalue weighted by atomic mass is 9.50. The molecule has 86 valence electrons. The molecule has 2 rings (SSSR count). The largest absolute Gasteiger partial charge is 0.372 e. The summed E-state index contributed by atoms with van der Waals surface area (Å²) in [7, 11) is 0. The predicted molar refractivity (Wildman–Crippen MR) is 65.7 cm³/mol. The Morgan fingerprint density at radius 1 is 1.07 bits per heavy atom. The summed E-state index contributed by atoms with van der Waals surface area (Å²) < 4.78 is 0. The summed E-state index contributed by atoms with van der Waals surface area (Å²) in [6, 6.07) is 0.658. The molecule has 0 atom stereocenters. The molecule has 0 saturated carbocycles. The molecule has 0 unspecified atom stereocenters. The lowest BCUT2D eigenvalue weighted by Gasteiger charge is -2.61. The maximum absolute atomic E-state index is 2.63. The number of nitrogens with zero attached hydrogens (tertiary/aromatic N) is 1. The first-order valence-corrected chi connectivity index (χ1v) is 6.31. The molecule has 0 amide bonds. The second-order valence-corrected chi connectivity index (χ2v) is 6.47. The fraction of sp³-hybridized carbons (Fsp3) is 0.857. The molecule has 0 fully saturated rings. The fourth-order valence-electron chi connectivity index (χ4n) is 3.30. The Hall–Kier alpha value is -0.460. The zero-order valence-electron chi connectivity index (χ0n) is 11.1. The van der Waals surface area contributed by atoms with Crippen molar-refractivity contribution < 1.29 is 0 Å². The van der Waals surface area contributed by atoms with Crippen LogP contribution in [-0.2, 0) is 0 Å². The van der Waals surface area contributed by atoms with Gasteiger partial charge in [0.25, 0.3) is 0 Å². The van der Waals surface area contributed by atoms with E-state index in [9.17, 15) is 0 Å². The summed E-state index contributed by atoms with van der Waals surface area (Å²) >= 11 is 0. The molecule has 1 nitrogen and oxygen atoms in total. The van der Waals surface area contributed by atoms with Gasteiger partial charge in [0.15, 0.2) is 0 Å². The average molecular weight is 207 g/mol. The first-order chi connectivity index (χ1) is 6.80. The monoisotopic (exact) mass is 207 g/mol. The Morgan fingerprint density at radius 2 is 1.67 bits per heavy atom. The maximum Gasteiger partial charge on any atom is 0.0230 e. The van der Waals surface area contributed by atoms with E-state index in [1.165, 1.54) is 19.4 Å². The molecule has 15 heavy (non-hydrogen) atoms. The van der Waals surface area contributed by atoms with E-state index in [4.69, 9.17) is 0 Å². The van der Waals surface area contributed by atoms with Gasteiger partial charge < -0.3 is 4.90 Å². The molecule has 0 aromatic carbocycles. The molecule has 0 saturated heterocycles. The molecule has 1 aliphatic carbocycles. The molecule has 0 aromatic heterocycles. The van der Waals surface area contributed by atoms with E-state index in [1.807, 2.05) is 0 Å². The SMILES string of the molecule is CC(C)N1CCCC2=C1C(C)(C)C2(C)C. The van der Waals surface area contributed by atoms with Gasteiger partial charge in [0.1, 0.15) is 0 Å². The van der Waals surface area contributed by atoms with E-state index in [0.717, 1.165) is 0 Å². The van der Waals surface area contributed by atoms with Gasteiger partial charge in [-0.1, -0.05) is 27.7 Å². The van der Waals surface area contributed by atoms with Crippen molar-refractivity contribution in [1.82, 2.24) is 4.90 Å². The summed E-state index contributed by atoms with van der Waals surface area (Å²) in [6.07, 6.45) is 2.67. The van der Waals surface area contributed by atoms with Crippen molar-refractivity contribution in [3.63, 3.8) is 0 Å². The van der Waals surface area contributed by atoms with Crippen molar-refractivity contribution in [3.8, 4) is 0 Å². The Kier molecular flexibility index (Phi) is 2.22. The summed E-state index contributed by atoms with van der Waals surface area (Å²) in [6.45, 7) is 15.5. The minimum absolute atomic E-state index is 0.368. The maximum atomic E-state index is 2.63. The van der Waals surface area contributed by atoms with Gasteiger partial charge in [-0.05, 0) is 37.7 Å². The average Bonchev–Trinajstić information content (AvgIpc) is 2.16. The molecule has 1 heteroatoms. The lowest BCUT2D eigenvalue weighted by Crippen LogP contribution is -2.55. The second kappa shape index (κ2) is 3.02. The fourth-order valence-corrected chi connectivity index (χ4v) is 3.30. The Balaban J connectivity index is 2.42. The highest BCUT2D eigenvalue weighted by atomic mass is 15.2. The number of likely N-dealkylation sites (tertiary alicyclic amines) is 1. The van der Waals surface area contributed by atoms with Crippen LogP contribution in [0, 0.1) is 10.8 Å². The third-order valence-electron chi connectivity index (χ3n) is 4.93. The molecule has 1 aliphatic heterocycles. The molecular formula is C14H25N. The van der Waals surface area contributed by atoms with Gasteiger partial charge >= 0.3 is 0 Å². The predicted octanol–water partition coefficient (Wildman–Crippen LogP) is 3.81. The molecule has 0 N–H and O–H groups in total. The quantitative estimate of drug-likeness (QED) is 0.632. The minimum atomic E-state index is 0.368. The smallest absolute Gasteiger partial charge is 0.0230 e. The first kappa shape index (κ1) is 11.0. The van der Waals surface area contributed by atoms with Crippen LogP contribution in [0.3, 0.4) is 0 Å². The van der Waals surface area contributed by atoms with Crippen LogP contribution >= 0.6 is 0 Å². The molecular weight excluding hydrogens is 182 g/mol. The van der Waals surface area contributed by atoms with Gasteiger partial charge in [0.05, 0.1) is 0 Å². The van der Waals surface area contributed by atoms with Crippen LogP contribution in [0.4, 0.5) is 0 Å². The van der Waals surface area contributed by atoms with Gasteiger partial charge in [-0.15, -0.1) is 0 Å². The number of rotatable bonds is 1. The van der Waals surface area contributed by atoms with Gasteiger partial charge in [0.2, 0.25) is 0 Å². The zero-order valence-corrected chi connectivity index (χ0v) is 11.1. The van der Waals surface area contributed by atoms with Gasteiger partial charge in [-0.2, -0.15) is 0 Å². The Bertz CT molecular complexity index is 307. The van der Waals surface area contributed by atoms with Crippen LogP contribution in [0.5, 0.6) is 0 Å². The Labute approximate surface area is 94.5 Å². The van der Waals surface area contributed by atoms with Crippen molar-refractivity contribution >= 4 is 0 Å². The lowest BCUT2D eigenvalue weighted by molar-refractivity contribution is 0.0453.